The van der Waals surface area contributed by atoms with Crippen molar-refractivity contribution in [3.63, 3.8) is 0 Å². The molecule has 1 unspecified atom stereocenters. The van der Waals surface area contributed by atoms with E-state index < -0.39 is 12.0 Å². The molecule has 8 heteroatoms. The quantitative estimate of drug-likeness (QED) is 0.836. The van der Waals surface area contributed by atoms with E-state index in [1.54, 1.807) is 6.92 Å². The lowest BCUT2D eigenvalue weighted by Crippen LogP contribution is -2.46. The SMILES string of the molecule is Cc1ccc(-c2nc(C)c(C(=O)NNC(=O)C3CCCO3)s2)o1. The van der Waals surface area contributed by atoms with E-state index >= 15 is 0 Å². The first-order valence-electron chi connectivity index (χ1n) is 7.30. The maximum absolute atomic E-state index is 12.2. The van der Waals surface area contributed by atoms with Gasteiger partial charge in [0, 0.05) is 6.61 Å². The molecule has 3 rings (SSSR count). The van der Waals surface area contributed by atoms with E-state index in [4.69, 9.17) is 9.15 Å². The van der Waals surface area contributed by atoms with Gasteiger partial charge in [0.05, 0.1) is 5.69 Å². The number of thiazole rings is 1. The van der Waals surface area contributed by atoms with Gasteiger partial charge in [0.2, 0.25) is 0 Å². The summed E-state index contributed by atoms with van der Waals surface area (Å²) in [5.74, 6) is 0.668. The van der Waals surface area contributed by atoms with Crippen LogP contribution < -0.4 is 10.9 Å². The maximum atomic E-state index is 12.2. The second-order valence-corrected chi connectivity index (χ2v) is 6.29. The largest absolute Gasteiger partial charge is 0.459 e. The lowest BCUT2D eigenvalue weighted by atomic mass is 10.2. The van der Waals surface area contributed by atoms with Crippen LogP contribution in [0.5, 0.6) is 0 Å². The average molecular weight is 335 g/mol. The molecule has 122 valence electrons. The van der Waals surface area contributed by atoms with Crippen LogP contribution >= 0.6 is 11.3 Å². The van der Waals surface area contributed by atoms with Gasteiger partial charge in [0.15, 0.2) is 10.8 Å². The molecular formula is C15H17N3O4S. The number of ether oxygens (including phenoxy) is 1. The van der Waals surface area contributed by atoms with E-state index in [9.17, 15) is 9.59 Å². The first-order chi connectivity index (χ1) is 11.0. The number of aromatic nitrogens is 1. The molecule has 0 aliphatic carbocycles. The fourth-order valence-electron chi connectivity index (χ4n) is 2.30. The third-order valence-corrected chi connectivity index (χ3v) is 4.65. The molecule has 0 aromatic carbocycles. The molecule has 2 aromatic rings. The summed E-state index contributed by atoms with van der Waals surface area (Å²) in [5.41, 5.74) is 5.39. The van der Waals surface area contributed by atoms with E-state index in [2.05, 4.69) is 15.8 Å². The Morgan fingerprint density at radius 1 is 1.30 bits per heavy atom. The van der Waals surface area contributed by atoms with Crippen LogP contribution in [-0.4, -0.2) is 29.5 Å². The Kier molecular flexibility index (Phi) is 4.44. The van der Waals surface area contributed by atoms with Crippen molar-refractivity contribution in [2.45, 2.75) is 32.8 Å². The topological polar surface area (TPSA) is 93.5 Å². The van der Waals surface area contributed by atoms with Crippen LogP contribution in [0.1, 0.15) is 34.0 Å². The Hall–Kier alpha value is -2.19. The van der Waals surface area contributed by atoms with Crippen LogP contribution in [0.4, 0.5) is 0 Å². The minimum atomic E-state index is -0.487. The van der Waals surface area contributed by atoms with Gasteiger partial charge in [0.1, 0.15) is 16.7 Å². The summed E-state index contributed by atoms with van der Waals surface area (Å²) in [6.45, 7) is 4.16. The van der Waals surface area contributed by atoms with Gasteiger partial charge < -0.3 is 9.15 Å². The van der Waals surface area contributed by atoms with Crippen LogP contribution in [0, 0.1) is 13.8 Å². The van der Waals surface area contributed by atoms with Crippen molar-refractivity contribution in [1.82, 2.24) is 15.8 Å². The summed E-state index contributed by atoms with van der Waals surface area (Å²) in [7, 11) is 0. The normalized spacial score (nSPS) is 17.2. The monoisotopic (exact) mass is 335 g/mol. The number of amides is 2. The molecule has 2 N–H and O–H groups in total. The van der Waals surface area contributed by atoms with E-state index in [1.165, 1.54) is 11.3 Å². The Morgan fingerprint density at radius 3 is 2.78 bits per heavy atom. The summed E-state index contributed by atoms with van der Waals surface area (Å²) in [4.78, 5) is 28.8. The number of nitrogens with one attached hydrogen (secondary N) is 2. The highest BCUT2D eigenvalue weighted by Gasteiger charge is 2.24. The molecule has 0 radical (unpaired) electrons. The molecule has 1 atom stereocenters. The molecule has 3 heterocycles. The first-order valence-corrected chi connectivity index (χ1v) is 8.12. The molecule has 2 aromatic heterocycles. The van der Waals surface area contributed by atoms with Gasteiger partial charge >= 0.3 is 0 Å². The van der Waals surface area contributed by atoms with E-state index in [-0.39, 0.29) is 5.91 Å². The number of hydrogen-bond acceptors (Lipinski definition) is 6. The Balaban J connectivity index is 1.65. The van der Waals surface area contributed by atoms with Crippen molar-refractivity contribution < 1.29 is 18.7 Å². The number of nitrogens with zero attached hydrogens (tertiary/aromatic N) is 1. The summed E-state index contributed by atoms with van der Waals surface area (Å²) in [6, 6.07) is 3.65. The molecule has 1 fully saturated rings. The number of carbonyl (C=O) groups is 2. The number of hydrogen-bond donors (Lipinski definition) is 2. The second-order valence-electron chi connectivity index (χ2n) is 5.29. The van der Waals surface area contributed by atoms with Crippen LogP contribution in [0.2, 0.25) is 0 Å². The number of hydrazine groups is 1. The van der Waals surface area contributed by atoms with Crippen molar-refractivity contribution in [3.05, 3.63) is 28.5 Å². The molecular weight excluding hydrogens is 318 g/mol. The van der Waals surface area contributed by atoms with Crippen LogP contribution in [0.3, 0.4) is 0 Å². The predicted molar refractivity (Wildman–Crippen MR) is 83.9 cm³/mol. The number of rotatable bonds is 3. The molecule has 7 nitrogen and oxygen atoms in total. The highest BCUT2D eigenvalue weighted by atomic mass is 32.1. The predicted octanol–water partition coefficient (Wildman–Crippen LogP) is 1.96. The lowest BCUT2D eigenvalue weighted by molar-refractivity contribution is -0.130. The van der Waals surface area contributed by atoms with Crippen molar-refractivity contribution >= 4 is 23.2 Å². The zero-order chi connectivity index (χ0) is 16.4. The zero-order valence-electron chi connectivity index (χ0n) is 12.8. The summed E-state index contributed by atoms with van der Waals surface area (Å²) < 4.78 is 10.8. The fourth-order valence-corrected chi connectivity index (χ4v) is 3.23. The third kappa shape index (κ3) is 3.43. The molecule has 1 saturated heterocycles. The third-order valence-electron chi connectivity index (χ3n) is 3.48. The van der Waals surface area contributed by atoms with E-state index in [1.807, 2.05) is 19.1 Å². The highest BCUT2D eigenvalue weighted by Crippen LogP contribution is 2.29. The molecule has 0 bridgehead atoms. The van der Waals surface area contributed by atoms with Crippen molar-refractivity contribution in [2.24, 2.45) is 0 Å². The second kappa shape index (κ2) is 6.51. The summed E-state index contributed by atoms with van der Waals surface area (Å²) in [6.07, 6.45) is 1.04. The Morgan fingerprint density at radius 2 is 2.13 bits per heavy atom. The fraction of sp³-hybridized carbons (Fsp3) is 0.400. The van der Waals surface area contributed by atoms with Gasteiger partial charge in [-0.15, -0.1) is 11.3 Å². The molecule has 23 heavy (non-hydrogen) atoms. The molecule has 0 spiro atoms. The minimum Gasteiger partial charge on any atom is -0.459 e. The van der Waals surface area contributed by atoms with Crippen molar-refractivity contribution in [3.8, 4) is 10.8 Å². The summed E-state index contributed by atoms with van der Waals surface area (Å²) >= 11 is 1.22. The van der Waals surface area contributed by atoms with E-state index in [0.29, 0.717) is 34.4 Å². The van der Waals surface area contributed by atoms with Gasteiger partial charge in [-0.2, -0.15) is 0 Å². The van der Waals surface area contributed by atoms with Crippen LogP contribution in [0.25, 0.3) is 10.8 Å². The zero-order valence-corrected chi connectivity index (χ0v) is 13.7. The Labute approximate surface area is 137 Å². The molecule has 2 amide bonds. The highest BCUT2D eigenvalue weighted by molar-refractivity contribution is 7.17. The molecule has 1 aliphatic rings. The number of furan rings is 1. The average Bonchev–Trinajstić information content (AvgIpc) is 3.24. The van der Waals surface area contributed by atoms with Gasteiger partial charge in [-0.05, 0) is 38.8 Å². The number of aryl methyl sites for hydroxylation is 2. The van der Waals surface area contributed by atoms with Crippen molar-refractivity contribution in [2.75, 3.05) is 6.61 Å². The smallest absolute Gasteiger partial charge is 0.281 e. The lowest BCUT2D eigenvalue weighted by Gasteiger charge is -2.10. The minimum absolute atomic E-state index is 0.333. The first kappa shape index (κ1) is 15.7. The Bertz CT molecular complexity index is 731. The number of carbonyl (C=O) groups excluding carboxylic acids is 2. The van der Waals surface area contributed by atoms with Gasteiger partial charge in [0.25, 0.3) is 11.8 Å². The van der Waals surface area contributed by atoms with Gasteiger partial charge in [-0.25, -0.2) is 4.98 Å². The van der Waals surface area contributed by atoms with Crippen LogP contribution in [-0.2, 0) is 9.53 Å². The van der Waals surface area contributed by atoms with Gasteiger partial charge in [-0.3, -0.25) is 20.4 Å². The molecule has 1 aliphatic heterocycles. The maximum Gasteiger partial charge on any atom is 0.281 e. The van der Waals surface area contributed by atoms with Crippen LogP contribution in [0.15, 0.2) is 16.5 Å². The van der Waals surface area contributed by atoms with E-state index in [0.717, 1.165) is 12.2 Å². The van der Waals surface area contributed by atoms with Gasteiger partial charge in [-0.1, -0.05) is 0 Å². The summed E-state index contributed by atoms with van der Waals surface area (Å²) in [5, 5.41) is 0.631. The molecule has 0 saturated carbocycles. The van der Waals surface area contributed by atoms with Crippen molar-refractivity contribution in [1.29, 1.82) is 0 Å². The standard InChI is InChI=1S/C15H17N3O4S/c1-8-5-6-11(22-8)15-16-9(2)12(23-15)14(20)18-17-13(19)10-4-3-7-21-10/h5-6,10H,3-4,7H2,1-2H3,(H,17,19)(H,18,20).